The number of nitrogens with zero attached hydrogens (tertiary/aromatic N) is 1. The molecular weight excluding hydrogens is 200 g/mol. The number of aryl methyl sites for hydroxylation is 1. The van der Waals surface area contributed by atoms with Crippen LogP contribution in [0.2, 0.25) is 0 Å². The van der Waals surface area contributed by atoms with E-state index in [-0.39, 0.29) is 12.3 Å². The topological polar surface area (TPSA) is 92.4 Å². The maximum absolute atomic E-state index is 11.3. The Bertz CT molecular complexity index is 359. The van der Waals surface area contributed by atoms with E-state index >= 15 is 0 Å². The lowest BCUT2D eigenvalue weighted by Crippen LogP contribution is -2.25. The number of aromatic nitrogens is 1. The van der Waals surface area contributed by atoms with Crippen molar-refractivity contribution in [2.45, 2.75) is 19.8 Å². The molecule has 0 bridgehead atoms. The Morgan fingerprint density at radius 1 is 1.60 bits per heavy atom. The van der Waals surface area contributed by atoms with Crippen molar-refractivity contribution in [3.05, 3.63) is 17.8 Å². The summed E-state index contributed by atoms with van der Waals surface area (Å²) in [5.74, 6) is -1.30. The second-order valence-electron chi connectivity index (χ2n) is 3.05. The highest BCUT2D eigenvalue weighted by Crippen LogP contribution is 1.99. The zero-order valence-electron chi connectivity index (χ0n) is 8.32. The monoisotopic (exact) mass is 212 g/mol. The summed E-state index contributed by atoms with van der Waals surface area (Å²) in [6.45, 7) is 2.01. The Hall–Kier alpha value is -1.85. The molecule has 0 aliphatic rings. The first-order valence-electron chi connectivity index (χ1n) is 4.51. The quantitative estimate of drug-likeness (QED) is 0.696. The third-order valence-electron chi connectivity index (χ3n) is 1.67. The lowest BCUT2D eigenvalue weighted by molar-refractivity contribution is -0.137. The molecule has 0 unspecified atom stereocenters. The van der Waals surface area contributed by atoms with Crippen molar-refractivity contribution in [1.82, 2.24) is 10.3 Å². The van der Waals surface area contributed by atoms with Crippen LogP contribution in [0.15, 0.2) is 10.7 Å². The third-order valence-corrected chi connectivity index (χ3v) is 1.67. The predicted molar refractivity (Wildman–Crippen MR) is 50.4 cm³/mol. The van der Waals surface area contributed by atoms with E-state index in [2.05, 4.69) is 10.3 Å². The zero-order valence-corrected chi connectivity index (χ0v) is 8.32. The molecule has 0 saturated heterocycles. The van der Waals surface area contributed by atoms with Gasteiger partial charge >= 0.3 is 11.9 Å². The summed E-state index contributed by atoms with van der Waals surface area (Å²) in [6, 6.07) is 0. The van der Waals surface area contributed by atoms with Gasteiger partial charge in [-0.05, 0) is 13.3 Å². The van der Waals surface area contributed by atoms with Crippen molar-refractivity contribution in [3.8, 4) is 0 Å². The molecule has 1 heterocycles. The van der Waals surface area contributed by atoms with E-state index in [0.29, 0.717) is 18.7 Å². The molecule has 1 amide bonds. The zero-order chi connectivity index (χ0) is 11.3. The van der Waals surface area contributed by atoms with Gasteiger partial charge in [0, 0.05) is 13.0 Å². The highest BCUT2D eigenvalue weighted by Gasteiger charge is 2.10. The van der Waals surface area contributed by atoms with Gasteiger partial charge in [-0.3, -0.25) is 9.59 Å². The Morgan fingerprint density at radius 3 is 2.87 bits per heavy atom. The Morgan fingerprint density at radius 2 is 2.33 bits per heavy atom. The first-order chi connectivity index (χ1) is 7.09. The number of aliphatic carboxylic acids is 1. The van der Waals surface area contributed by atoms with E-state index in [1.54, 1.807) is 6.92 Å². The fourth-order valence-corrected chi connectivity index (χ4v) is 0.975. The lowest BCUT2D eigenvalue weighted by atomic mass is 10.3. The number of carbonyl (C=O) groups excluding carboxylic acids is 1. The minimum absolute atomic E-state index is 0.00262. The number of oxazole rings is 1. The van der Waals surface area contributed by atoms with E-state index in [9.17, 15) is 9.59 Å². The van der Waals surface area contributed by atoms with Gasteiger partial charge in [-0.15, -0.1) is 0 Å². The van der Waals surface area contributed by atoms with Crippen LogP contribution in [0.3, 0.4) is 0 Å². The number of carboxylic acid groups (broad SMARTS) is 1. The fourth-order valence-electron chi connectivity index (χ4n) is 0.975. The summed E-state index contributed by atoms with van der Waals surface area (Å²) in [5, 5.41) is 10.9. The molecule has 0 fully saturated rings. The average Bonchev–Trinajstić information content (AvgIpc) is 2.59. The van der Waals surface area contributed by atoms with Gasteiger partial charge in [-0.1, -0.05) is 0 Å². The van der Waals surface area contributed by atoms with Gasteiger partial charge in [0.2, 0.25) is 0 Å². The summed E-state index contributed by atoms with van der Waals surface area (Å²) in [7, 11) is 0. The molecule has 0 saturated carbocycles. The highest BCUT2D eigenvalue weighted by molar-refractivity contribution is 5.89. The molecule has 0 spiro atoms. The number of amides is 1. The Balaban J connectivity index is 2.28. The van der Waals surface area contributed by atoms with Crippen molar-refractivity contribution in [3.63, 3.8) is 0 Å². The number of nitrogens with one attached hydrogen (secondary N) is 1. The number of carbonyl (C=O) groups is 2. The summed E-state index contributed by atoms with van der Waals surface area (Å²) >= 11 is 0. The third kappa shape index (κ3) is 3.80. The van der Waals surface area contributed by atoms with Gasteiger partial charge < -0.3 is 14.8 Å². The predicted octanol–water partition coefficient (Wildman–Crippen LogP) is 0.578. The first kappa shape index (κ1) is 11.2. The van der Waals surface area contributed by atoms with Gasteiger partial charge in [0.1, 0.15) is 6.26 Å². The summed E-state index contributed by atoms with van der Waals surface area (Å²) < 4.78 is 4.86. The molecule has 82 valence electrons. The normalized spacial score (nSPS) is 9.93. The standard InChI is InChI=1S/C9H12N2O4/c1-6-5-15-9(11-6)8(14)10-4-2-3-7(12)13/h5H,2-4H2,1H3,(H,10,14)(H,12,13). The molecule has 0 atom stereocenters. The van der Waals surface area contributed by atoms with Crippen LogP contribution < -0.4 is 5.32 Å². The van der Waals surface area contributed by atoms with Crippen molar-refractivity contribution in [1.29, 1.82) is 0 Å². The molecule has 1 aromatic rings. The molecule has 0 aliphatic carbocycles. The highest BCUT2D eigenvalue weighted by atomic mass is 16.4. The minimum atomic E-state index is -0.879. The number of hydrogen-bond acceptors (Lipinski definition) is 4. The summed E-state index contributed by atoms with van der Waals surface area (Å²) in [6.07, 6.45) is 1.80. The molecule has 15 heavy (non-hydrogen) atoms. The number of rotatable bonds is 5. The van der Waals surface area contributed by atoms with Gasteiger partial charge in [-0.2, -0.15) is 0 Å². The van der Waals surface area contributed by atoms with Gasteiger partial charge in [0.15, 0.2) is 0 Å². The van der Waals surface area contributed by atoms with Crippen molar-refractivity contribution >= 4 is 11.9 Å². The largest absolute Gasteiger partial charge is 0.481 e. The van der Waals surface area contributed by atoms with Crippen molar-refractivity contribution in [2.24, 2.45) is 0 Å². The van der Waals surface area contributed by atoms with Crippen LogP contribution in [0.4, 0.5) is 0 Å². The molecule has 1 aromatic heterocycles. The SMILES string of the molecule is Cc1coc(C(=O)NCCCC(=O)O)n1. The van der Waals surface area contributed by atoms with Crippen LogP contribution in [-0.4, -0.2) is 28.5 Å². The maximum Gasteiger partial charge on any atom is 0.307 e. The molecular formula is C9H12N2O4. The second kappa shape index (κ2) is 5.14. The maximum atomic E-state index is 11.3. The van der Waals surface area contributed by atoms with E-state index in [4.69, 9.17) is 9.52 Å². The van der Waals surface area contributed by atoms with Gasteiger partial charge in [-0.25, -0.2) is 4.98 Å². The molecule has 6 heteroatoms. The molecule has 0 aromatic carbocycles. The molecule has 0 aliphatic heterocycles. The number of carboxylic acids is 1. The van der Waals surface area contributed by atoms with Crippen LogP contribution in [0.5, 0.6) is 0 Å². The summed E-state index contributed by atoms with van der Waals surface area (Å²) in [4.78, 5) is 25.3. The van der Waals surface area contributed by atoms with Crippen LogP contribution in [0.1, 0.15) is 29.2 Å². The molecule has 2 N–H and O–H groups in total. The second-order valence-corrected chi connectivity index (χ2v) is 3.05. The molecule has 6 nitrogen and oxygen atoms in total. The first-order valence-corrected chi connectivity index (χ1v) is 4.51. The Kier molecular flexibility index (Phi) is 3.84. The van der Waals surface area contributed by atoms with Crippen LogP contribution >= 0.6 is 0 Å². The van der Waals surface area contributed by atoms with Crippen LogP contribution in [0, 0.1) is 6.92 Å². The smallest absolute Gasteiger partial charge is 0.307 e. The molecule has 0 radical (unpaired) electrons. The van der Waals surface area contributed by atoms with E-state index in [1.165, 1.54) is 6.26 Å². The van der Waals surface area contributed by atoms with Crippen molar-refractivity contribution in [2.75, 3.05) is 6.54 Å². The fraction of sp³-hybridized carbons (Fsp3) is 0.444. The van der Waals surface area contributed by atoms with E-state index < -0.39 is 11.9 Å². The Labute approximate surface area is 86.3 Å². The summed E-state index contributed by atoms with van der Waals surface area (Å²) in [5.41, 5.74) is 0.630. The minimum Gasteiger partial charge on any atom is -0.481 e. The van der Waals surface area contributed by atoms with Crippen LogP contribution in [-0.2, 0) is 4.79 Å². The number of hydrogen-bond donors (Lipinski definition) is 2. The van der Waals surface area contributed by atoms with Crippen molar-refractivity contribution < 1.29 is 19.1 Å². The van der Waals surface area contributed by atoms with Gasteiger partial charge in [0.25, 0.3) is 5.89 Å². The molecule has 1 rings (SSSR count). The average molecular weight is 212 g/mol. The van der Waals surface area contributed by atoms with Crippen LogP contribution in [0.25, 0.3) is 0 Å². The lowest BCUT2D eigenvalue weighted by Gasteiger charge is -1.99. The van der Waals surface area contributed by atoms with E-state index in [0.717, 1.165) is 0 Å². The van der Waals surface area contributed by atoms with Gasteiger partial charge in [0.05, 0.1) is 5.69 Å². The van der Waals surface area contributed by atoms with E-state index in [1.807, 2.05) is 0 Å².